The van der Waals surface area contributed by atoms with E-state index >= 15 is 0 Å². The Morgan fingerprint density at radius 2 is 1.59 bits per heavy atom. The van der Waals surface area contributed by atoms with Gasteiger partial charge >= 0.3 is 6.03 Å². The zero-order chi connectivity index (χ0) is 21.2. The van der Waals surface area contributed by atoms with Crippen LogP contribution in [0.25, 0.3) is 0 Å². The van der Waals surface area contributed by atoms with Gasteiger partial charge in [0, 0.05) is 38.6 Å². The molecule has 6 heteroatoms. The molecule has 1 N–H and O–H groups in total. The molecule has 162 valence electrons. The first-order valence-corrected chi connectivity index (χ1v) is 11.2. The van der Waals surface area contributed by atoms with E-state index in [4.69, 9.17) is 0 Å². The number of likely N-dealkylation sites (N-methyl/N-ethyl adjacent to an activating group) is 1. The molecule has 1 aromatic carbocycles. The van der Waals surface area contributed by atoms with Gasteiger partial charge in [-0.05, 0) is 45.3 Å². The van der Waals surface area contributed by atoms with Gasteiger partial charge in [0.2, 0.25) is 5.91 Å². The van der Waals surface area contributed by atoms with Crippen LogP contribution < -0.4 is 5.32 Å². The summed E-state index contributed by atoms with van der Waals surface area (Å²) in [6.45, 7) is 13.6. The predicted octanol–water partition coefficient (Wildman–Crippen LogP) is 3.36. The summed E-state index contributed by atoms with van der Waals surface area (Å²) in [4.78, 5) is 31.4. The third-order valence-electron chi connectivity index (χ3n) is 6.08. The minimum absolute atomic E-state index is 0.0103. The Balaban J connectivity index is 1.90. The van der Waals surface area contributed by atoms with E-state index in [9.17, 15) is 9.59 Å². The highest BCUT2D eigenvalue weighted by Gasteiger charge is 2.29. The van der Waals surface area contributed by atoms with Crippen molar-refractivity contribution in [2.75, 3.05) is 45.8 Å². The SMILES string of the molecule is CCN(CC)C(=O)N1CCC(C(=O)NCC(c2ccccc2)N(CC)CC)CC1. The Labute approximate surface area is 176 Å². The number of amides is 3. The van der Waals surface area contributed by atoms with Crippen LogP contribution in [0.1, 0.15) is 52.1 Å². The lowest BCUT2D eigenvalue weighted by molar-refractivity contribution is -0.126. The molecule has 0 aromatic heterocycles. The molecule has 1 saturated heterocycles. The second-order valence-corrected chi connectivity index (χ2v) is 7.61. The topological polar surface area (TPSA) is 55.9 Å². The zero-order valence-electron chi connectivity index (χ0n) is 18.6. The number of carbonyl (C=O) groups is 2. The molecule has 1 atom stereocenters. The fraction of sp³-hybridized carbons (Fsp3) is 0.652. The van der Waals surface area contributed by atoms with Gasteiger partial charge in [-0.2, -0.15) is 0 Å². The van der Waals surface area contributed by atoms with Gasteiger partial charge in [-0.25, -0.2) is 4.79 Å². The number of likely N-dealkylation sites (tertiary alicyclic amines) is 1. The highest BCUT2D eigenvalue weighted by atomic mass is 16.2. The lowest BCUT2D eigenvalue weighted by atomic mass is 9.95. The van der Waals surface area contributed by atoms with Gasteiger partial charge in [-0.3, -0.25) is 9.69 Å². The third kappa shape index (κ3) is 6.20. The lowest BCUT2D eigenvalue weighted by Gasteiger charge is -2.35. The van der Waals surface area contributed by atoms with Crippen LogP contribution in [-0.4, -0.2) is 72.5 Å². The average Bonchev–Trinajstić information content (AvgIpc) is 2.77. The Bertz CT molecular complexity index is 621. The molecular formula is C23H38N4O2. The predicted molar refractivity (Wildman–Crippen MR) is 118 cm³/mol. The van der Waals surface area contributed by atoms with E-state index in [2.05, 4.69) is 48.3 Å². The Morgan fingerprint density at radius 1 is 1.00 bits per heavy atom. The van der Waals surface area contributed by atoms with Crippen LogP contribution in [0.3, 0.4) is 0 Å². The van der Waals surface area contributed by atoms with Gasteiger partial charge < -0.3 is 15.1 Å². The molecule has 0 spiro atoms. The quantitative estimate of drug-likeness (QED) is 0.689. The molecule has 0 aliphatic carbocycles. The minimum atomic E-state index is -0.0103. The molecule has 1 fully saturated rings. The van der Waals surface area contributed by atoms with E-state index < -0.39 is 0 Å². The van der Waals surface area contributed by atoms with Gasteiger partial charge in [0.05, 0.1) is 6.04 Å². The van der Waals surface area contributed by atoms with Crippen LogP contribution in [0.4, 0.5) is 4.79 Å². The van der Waals surface area contributed by atoms with E-state index in [1.807, 2.05) is 29.7 Å². The Morgan fingerprint density at radius 3 is 2.10 bits per heavy atom. The summed E-state index contributed by atoms with van der Waals surface area (Å²) in [5, 5.41) is 3.19. The Hall–Kier alpha value is -2.08. The summed E-state index contributed by atoms with van der Waals surface area (Å²) in [5.41, 5.74) is 1.23. The molecule has 6 nitrogen and oxygen atoms in total. The fourth-order valence-electron chi connectivity index (χ4n) is 4.17. The molecule has 1 aromatic rings. The summed E-state index contributed by atoms with van der Waals surface area (Å²) in [7, 11) is 0. The maximum absolute atomic E-state index is 12.8. The number of urea groups is 1. The Kier molecular flexibility index (Phi) is 9.45. The first-order valence-electron chi connectivity index (χ1n) is 11.2. The van der Waals surface area contributed by atoms with Crippen LogP contribution in [0.2, 0.25) is 0 Å². The van der Waals surface area contributed by atoms with Crippen LogP contribution in [0.5, 0.6) is 0 Å². The van der Waals surface area contributed by atoms with Gasteiger partial charge in [-0.1, -0.05) is 44.2 Å². The van der Waals surface area contributed by atoms with Gasteiger partial charge in [0.1, 0.15) is 0 Å². The van der Waals surface area contributed by atoms with Crippen molar-refractivity contribution in [1.82, 2.24) is 20.0 Å². The normalized spacial score (nSPS) is 16.0. The number of rotatable bonds is 9. The summed E-state index contributed by atoms with van der Waals surface area (Å²) in [5.74, 6) is 0.108. The van der Waals surface area contributed by atoms with Crippen LogP contribution in [-0.2, 0) is 4.79 Å². The van der Waals surface area contributed by atoms with Crippen molar-refractivity contribution in [1.29, 1.82) is 0 Å². The third-order valence-corrected chi connectivity index (χ3v) is 6.08. The van der Waals surface area contributed by atoms with E-state index in [-0.39, 0.29) is 23.9 Å². The number of nitrogens with zero attached hydrogens (tertiary/aromatic N) is 3. The van der Waals surface area contributed by atoms with Gasteiger partial charge in [-0.15, -0.1) is 0 Å². The van der Waals surface area contributed by atoms with Crippen molar-refractivity contribution in [3.63, 3.8) is 0 Å². The fourth-order valence-corrected chi connectivity index (χ4v) is 4.17. The van der Waals surface area contributed by atoms with Crippen molar-refractivity contribution in [2.45, 2.75) is 46.6 Å². The molecule has 1 aliphatic heterocycles. The molecule has 0 saturated carbocycles. The number of benzene rings is 1. The van der Waals surface area contributed by atoms with Crippen molar-refractivity contribution >= 4 is 11.9 Å². The number of nitrogens with one attached hydrogen (secondary N) is 1. The van der Waals surface area contributed by atoms with Crippen molar-refractivity contribution in [3.05, 3.63) is 35.9 Å². The molecule has 2 rings (SSSR count). The molecule has 0 bridgehead atoms. The molecule has 0 radical (unpaired) electrons. The monoisotopic (exact) mass is 402 g/mol. The number of hydrogen-bond donors (Lipinski definition) is 1. The number of piperidine rings is 1. The molecule has 1 aliphatic rings. The van der Waals surface area contributed by atoms with E-state index in [0.29, 0.717) is 19.6 Å². The van der Waals surface area contributed by atoms with Crippen molar-refractivity contribution < 1.29 is 9.59 Å². The second kappa shape index (κ2) is 11.8. The van der Waals surface area contributed by atoms with Crippen molar-refractivity contribution in [3.8, 4) is 0 Å². The zero-order valence-corrected chi connectivity index (χ0v) is 18.6. The summed E-state index contributed by atoms with van der Waals surface area (Å²) in [6.07, 6.45) is 1.47. The molecular weight excluding hydrogens is 364 g/mol. The lowest BCUT2D eigenvalue weighted by Crippen LogP contribution is -2.49. The van der Waals surface area contributed by atoms with Gasteiger partial charge in [0.15, 0.2) is 0 Å². The number of carbonyl (C=O) groups excluding carboxylic acids is 2. The van der Waals surface area contributed by atoms with Crippen molar-refractivity contribution in [2.24, 2.45) is 5.92 Å². The maximum Gasteiger partial charge on any atom is 0.319 e. The largest absolute Gasteiger partial charge is 0.354 e. The first-order chi connectivity index (χ1) is 14.0. The van der Waals surface area contributed by atoms with Crippen LogP contribution >= 0.6 is 0 Å². The van der Waals surface area contributed by atoms with E-state index in [0.717, 1.165) is 39.0 Å². The highest BCUT2D eigenvalue weighted by Crippen LogP contribution is 2.22. The smallest absolute Gasteiger partial charge is 0.319 e. The molecule has 29 heavy (non-hydrogen) atoms. The maximum atomic E-state index is 12.8. The second-order valence-electron chi connectivity index (χ2n) is 7.61. The molecule has 3 amide bonds. The highest BCUT2D eigenvalue weighted by molar-refractivity contribution is 5.79. The molecule has 1 heterocycles. The minimum Gasteiger partial charge on any atom is -0.354 e. The number of hydrogen-bond acceptors (Lipinski definition) is 3. The van der Waals surface area contributed by atoms with E-state index in [1.165, 1.54) is 5.56 Å². The van der Waals surface area contributed by atoms with Crippen LogP contribution in [0.15, 0.2) is 30.3 Å². The van der Waals surface area contributed by atoms with Crippen LogP contribution in [0, 0.1) is 5.92 Å². The summed E-state index contributed by atoms with van der Waals surface area (Å²) >= 11 is 0. The van der Waals surface area contributed by atoms with Gasteiger partial charge in [0.25, 0.3) is 0 Å². The molecule has 1 unspecified atom stereocenters. The average molecular weight is 403 g/mol. The van der Waals surface area contributed by atoms with E-state index in [1.54, 1.807) is 0 Å². The summed E-state index contributed by atoms with van der Waals surface area (Å²) in [6, 6.07) is 10.7. The standard InChI is InChI=1S/C23H38N4O2/c1-5-25(6-2)21(19-12-10-9-11-13-19)18-24-22(28)20-14-16-27(17-15-20)23(29)26(7-3)8-4/h9-13,20-21H,5-8,14-18H2,1-4H3,(H,24,28). The first kappa shape index (κ1) is 23.2. The summed E-state index contributed by atoms with van der Waals surface area (Å²) < 4.78 is 0.